The van der Waals surface area contributed by atoms with E-state index in [1.54, 1.807) is 21.3 Å². The van der Waals surface area contributed by atoms with Crippen molar-refractivity contribution in [3.8, 4) is 11.5 Å². The molecular formula is C17H29ClN2O4. The molecule has 0 saturated heterocycles. The minimum Gasteiger partial charge on any atom is -0.493 e. The Hall–Kier alpha value is -1.50. The lowest BCUT2D eigenvalue weighted by molar-refractivity contribution is -0.120. The van der Waals surface area contributed by atoms with E-state index >= 15 is 0 Å². The molecule has 7 heteroatoms. The Morgan fingerprint density at radius 2 is 1.79 bits per heavy atom. The molecular weight excluding hydrogens is 332 g/mol. The van der Waals surface area contributed by atoms with Crippen molar-refractivity contribution >= 4 is 18.3 Å². The zero-order chi connectivity index (χ0) is 17.3. The number of amides is 1. The lowest BCUT2D eigenvalue weighted by Crippen LogP contribution is -2.41. The number of methoxy groups -OCH3 is 3. The van der Waals surface area contributed by atoms with Crippen LogP contribution < -0.4 is 20.1 Å². The molecule has 0 aliphatic carbocycles. The van der Waals surface area contributed by atoms with Gasteiger partial charge in [0.2, 0.25) is 5.91 Å². The van der Waals surface area contributed by atoms with E-state index in [4.69, 9.17) is 14.2 Å². The van der Waals surface area contributed by atoms with Crippen LogP contribution in [0.15, 0.2) is 18.2 Å². The summed E-state index contributed by atoms with van der Waals surface area (Å²) < 4.78 is 15.5. The number of nitrogens with one attached hydrogen (secondary N) is 2. The highest BCUT2D eigenvalue weighted by Crippen LogP contribution is 2.32. The zero-order valence-corrected chi connectivity index (χ0v) is 15.9. The summed E-state index contributed by atoms with van der Waals surface area (Å²) >= 11 is 0. The van der Waals surface area contributed by atoms with Crippen molar-refractivity contribution in [1.82, 2.24) is 10.6 Å². The maximum Gasteiger partial charge on any atom is 0.233 e. The number of hydrogen-bond acceptors (Lipinski definition) is 5. The highest BCUT2D eigenvalue weighted by molar-refractivity contribution is 5.85. The summed E-state index contributed by atoms with van der Waals surface area (Å²) in [5.41, 5.74) is 0.852. The van der Waals surface area contributed by atoms with E-state index < -0.39 is 0 Å². The van der Waals surface area contributed by atoms with Gasteiger partial charge in [-0.05, 0) is 17.7 Å². The van der Waals surface area contributed by atoms with Gasteiger partial charge in [-0.25, -0.2) is 0 Å². The van der Waals surface area contributed by atoms with Crippen molar-refractivity contribution in [1.29, 1.82) is 0 Å². The molecule has 24 heavy (non-hydrogen) atoms. The molecule has 0 bridgehead atoms. The molecule has 0 aliphatic heterocycles. The molecule has 0 aliphatic rings. The summed E-state index contributed by atoms with van der Waals surface area (Å²) in [6, 6.07) is 5.82. The van der Waals surface area contributed by atoms with Gasteiger partial charge in [0.1, 0.15) is 0 Å². The predicted molar refractivity (Wildman–Crippen MR) is 97.6 cm³/mol. The van der Waals surface area contributed by atoms with Crippen LogP contribution in [0.4, 0.5) is 0 Å². The zero-order valence-electron chi connectivity index (χ0n) is 15.1. The van der Waals surface area contributed by atoms with Gasteiger partial charge in [-0.1, -0.05) is 19.9 Å². The van der Waals surface area contributed by atoms with Crippen molar-refractivity contribution in [2.45, 2.75) is 19.3 Å². The molecule has 1 aromatic carbocycles. The summed E-state index contributed by atoms with van der Waals surface area (Å²) in [7, 11) is 4.86. The van der Waals surface area contributed by atoms with Crippen LogP contribution in [0, 0.1) is 0 Å². The summed E-state index contributed by atoms with van der Waals surface area (Å²) in [6.07, 6.45) is 0. The van der Waals surface area contributed by atoms with E-state index in [9.17, 15) is 4.79 Å². The Morgan fingerprint density at radius 3 is 2.38 bits per heavy atom. The van der Waals surface area contributed by atoms with Crippen molar-refractivity contribution in [3.05, 3.63) is 23.8 Å². The van der Waals surface area contributed by atoms with Crippen molar-refractivity contribution < 1.29 is 19.0 Å². The third kappa shape index (κ3) is 6.95. The first-order chi connectivity index (χ1) is 10.9. The fourth-order valence-corrected chi connectivity index (χ4v) is 2.12. The molecule has 1 aromatic rings. The van der Waals surface area contributed by atoms with Crippen LogP contribution >= 0.6 is 12.4 Å². The summed E-state index contributed by atoms with van der Waals surface area (Å²) in [6.45, 7) is 6.21. The normalized spacial score (nSPS) is 10.7. The molecule has 0 radical (unpaired) electrons. The first kappa shape index (κ1) is 22.5. The van der Waals surface area contributed by atoms with Crippen LogP contribution in [0.25, 0.3) is 0 Å². The van der Waals surface area contributed by atoms with E-state index in [0.717, 1.165) is 5.56 Å². The predicted octanol–water partition coefficient (Wildman–Crippen LogP) is 1.76. The van der Waals surface area contributed by atoms with Crippen molar-refractivity contribution in [2.75, 3.05) is 47.6 Å². The van der Waals surface area contributed by atoms with Crippen LogP contribution in [-0.4, -0.2) is 53.5 Å². The van der Waals surface area contributed by atoms with Gasteiger partial charge in [-0.2, -0.15) is 0 Å². The standard InChI is InChI=1S/C17H28N2O4.ClH/c1-17(2,12-19-16(20)11-18-8-9-21-3)13-6-7-14(22-4)15(10-13)23-5;/h6-7,10,18H,8-9,11-12H2,1-5H3,(H,19,20);1H. The van der Waals surface area contributed by atoms with E-state index in [0.29, 0.717) is 31.2 Å². The number of hydrogen-bond donors (Lipinski definition) is 2. The van der Waals surface area contributed by atoms with Gasteiger partial charge < -0.3 is 24.8 Å². The fraction of sp³-hybridized carbons (Fsp3) is 0.588. The molecule has 138 valence electrons. The van der Waals surface area contributed by atoms with Gasteiger partial charge in [-0.15, -0.1) is 12.4 Å². The van der Waals surface area contributed by atoms with Crippen molar-refractivity contribution in [3.63, 3.8) is 0 Å². The molecule has 1 rings (SSSR count). The van der Waals surface area contributed by atoms with E-state index in [1.807, 2.05) is 18.2 Å². The highest BCUT2D eigenvalue weighted by atomic mass is 35.5. The van der Waals surface area contributed by atoms with Crippen LogP contribution in [0.3, 0.4) is 0 Å². The summed E-state index contributed by atoms with van der Waals surface area (Å²) in [5, 5.41) is 5.97. The quantitative estimate of drug-likeness (QED) is 0.622. The monoisotopic (exact) mass is 360 g/mol. The molecule has 1 amide bonds. The number of ether oxygens (including phenoxy) is 3. The summed E-state index contributed by atoms with van der Waals surface area (Å²) in [4.78, 5) is 11.8. The topological polar surface area (TPSA) is 68.8 Å². The first-order valence-corrected chi connectivity index (χ1v) is 7.63. The van der Waals surface area contributed by atoms with E-state index in [1.165, 1.54) is 0 Å². The lowest BCUT2D eigenvalue weighted by Gasteiger charge is -2.26. The maximum atomic E-state index is 11.8. The second-order valence-electron chi connectivity index (χ2n) is 5.90. The van der Waals surface area contributed by atoms with E-state index in [-0.39, 0.29) is 30.3 Å². The molecule has 6 nitrogen and oxygen atoms in total. The number of carbonyl (C=O) groups excluding carboxylic acids is 1. The van der Waals surface area contributed by atoms with Gasteiger partial charge in [0.05, 0.1) is 27.4 Å². The van der Waals surface area contributed by atoms with Crippen molar-refractivity contribution in [2.24, 2.45) is 0 Å². The number of benzene rings is 1. The maximum absolute atomic E-state index is 11.8. The highest BCUT2D eigenvalue weighted by Gasteiger charge is 2.23. The van der Waals surface area contributed by atoms with Crippen LogP contribution in [0.5, 0.6) is 11.5 Å². The molecule has 0 heterocycles. The minimum absolute atomic E-state index is 0. The number of rotatable bonds is 10. The Kier molecular flexibility index (Phi) is 10.4. The number of carbonyl (C=O) groups is 1. The average molecular weight is 361 g/mol. The molecule has 0 aromatic heterocycles. The van der Waals surface area contributed by atoms with Gasteiger partial charge in [0, 0.05) is 25.6 Å². The van der Waals surface area contributed by atoms with Gasteiger partial charge in [0.15, 0.2) is 11.5 Å². The fourth-order valence-electron chi connectivity index (χ4n) is 2.12. The second kappa shape index (κ2) is 11.1. The molecule has 0 spiro atoms. The third-order valence-corrected chi connectivity index (χ3v) is 3.66. The SMILES string of the molecule is COCCNCC(=O)NCC(C)(C)c1ccc(OC)c(OC)c1.Cl. The van der Waals surface area contributed by atoms with Gasteiger partial charge >= 0.3 is 0 Å². The smallest absolute Gasteiger partial charge is 0.233 e. The largest absolute Gasteiger partial charge is 0.493 e. The van der Waals surface area contributed by atoms with Crippen LogP contribution in [0.2, 0.25) is 0 Å². The Balaban J connectivity index is 0.00000529. The average Bonchev–Trinajstić information content (AvgIpc) is 2.56. The molecule has 2 N–H and O–H groups in total. The minimum atomic E-state index is -0.220. The van der Waals surface area contributed by atoms with E-state index in [2.05, 4.69) is 24.5 Å². The molecule has 0 unspecified atom stereocenters. The lowest BCUT2D eigenvalue weighted by atomic mass is 9.84. The van der Waals surface area contributed by atoms with Crippen LogP contribution in [-0.2, 0) is 14.9 Å². The first-order valence-electron chi connectivity index (χ1n) is 7.63. The summed E-state index contributed by atoms with van der Waals surface area (Å²) in [5.74, 6) is 1.35. The Bertz CT molecular complexity index is 509. The molecule has 0 fully saturated rings. The third-order valence-electron chi connectivity index (χ3n) is 3.66. The molecule has 0 atom stereocenters. The Labute approximate surface area is 150 Å². The molecule has 0 saturated carbocycles. The van der Waals surface area contributed by atoms with Gasteiger partial charge in [0.25, 0.3) is 0 Å². The van der Waals surface area contributed by atoms with Crippen LogP contribution in [0.1, 0.15) is 19.4 Å². The Morgan fingerprint density at radius 1 is 1.12 bits per heavy atom. The second-order valence-corrected chi connectivity index (χ2v) is 5.90. The number of halogens is 1. The van der Waals surface area contributed by atoms with Gasteiger partial charge in [-0.3, -0.25) is 4.79 Å².